The molecular weight excluding hydrogens is 242 g/mol. The van der Waals surface area contributed by atoms with E-state index in [-0.39, 0.29) is 5.76 Å². The van der Waals surface area contributed by atoms with E-state index in [1.807, 2.05) is 6.07 Å². The molecule has 2 rings (SSSR count). The van der Waals surface area contributed by atoms with E-state index >= 15 is 0 Å². The van der Waals surface area contributed by atoms with Gasteiger partial charge in [-0.25, -0.2) is 4.79 Å². The van der Waals surface area contributed by atoms with Crippen LogP contribution in [0.3, 0.4) is 0 Å². The second kappa shape index (κ2) is 5.37. The summed E-state index contributed by atoms with van der Waals surface area (Å²) in [6.07, 6.45) is 4.83. The van der Waals surface area contributed by atoms with Crippen molar-refractivity contribution in [2.45, 2.75) is 59.0 Å². The van der Waals surface area contributed by atoms with Gasteiger partial charge in [0.1, 0.15) is 5.76 Å². The van der Waals surface area contributed by atoms with Gasteiger partial charge in [-0.1, -0.05) is 13.8 Å². The van der Waals surface area contributed by atoms with Gasteiger partial charge in [-0.2, -0.15) is 0 Å². The number of carboxylic acids is 1. The van der Waals surface area contributed by atoms with Crippen LogP contribution < -0.4 is 5.32 Å². The number of hydrogen-bond donors (Lipinski definition) is 2. The molecule has 1 aliphatic rings. The summed E-state index contributed by atoms with van der Waals surface area (Å²) in [5.41, 5.74) is 1.16. The van der Waals surface area contributed by atoms with Gasteiger partial charge in [-0.05, 0) is 44.1 Å². The first kappa shape index (κ1) is 14.1. The van der Waals surface area contributed by atoms with Crippen LogP contribution >= 0.6 is 0 Å². The van der Waals surface area contributed by atoms with Gasteiger partial charge in [0.15, 0.2) is 0 Å². The van der Waals surface area contributed by atoms with Crippen LogP contribution in [0, 0.1) is 12.3 Å². The van der Waals surface area contributed by atoms with Gasteiger partial charge < -0.3 is 14.8 Å². The van der Waals surface area contributed by atoms with E-state index in [0.717, 1.165) is 0 Å². The number of aromatic carboxylic acids is 1. The normalized spacial score (nSPS) is 19.5. The Morgan fingerprint density at radius 3 is 2.63 bits per heavy atom. The van der Waals surface area contributed by atoms with Crippen LogP contribution in [-0.2, 0) is 6.54 Å². The van der Waals surface area contributed by atoms with Crippen molar-refractivity contribution < 1.29 is 14.3 Å². The quantitative estimate of drug-likeness (QED) is 0.876. The number of hydrogen-bond acceptors (Lipinski definition) is 3. The molecule has 2 N–H and O–H groups in total. The van der Waals surface area contributed by atoms with Crippen LogP contribution in [0.15, 0.2) is 10.5 Å². The standard InChI is InChI=1S/C15H23NO3/c1-10-8-12(19-13(10)14(17)18)9-16-11-4-6-15(2,3)7-5-11/h8,11,16H,4-7,9H2,1-3H3,(H,17,18). The lowest BCUT2D eigenvalue weighted by molar-refractivity contribution is 0.0659. The zero-order valence-electron chi connectivity index (χ0n) is 12.0. The highest BCUT2D eigenvalue weighted by Crippen LogP contribution is 2.35. The van der Waals surface area contributed by atoms with Crippen LogP contribution in [0.5, 0.6) is 0 Å². The van der Waals surface area contributed by atoms with Crippen molar-refractivity contribution in [1.82, 2.24) is 5.32 Å². The number of rotatable bonds is 4. The molecule has 1 aliphatic carbocycles. The van der Waals surface area contributed by atoms with Gasteiger partial charge in [-0.3, -0.25) is 0 Å². The van der Waals surface area contributed by atoms with Crippen molar-refractivity contribution in [1.29, 1.82) is 0 Å². The summed E-state index contributed by atoms with van der Waals surface area (Å²) in [6.45, 7) is 7.01. The molecule has 0 spiro atoms. The molecule has 0 unspecified atom stereocenters. The summed E-state index contributed by atoms with van der Waals surface area (Å²) in [6, 6.07) is 2.33. The van der Waals surface area contributed by atoms with E-state index in [2.05, 4.69) is 19.2 Å². The van der Waals surface area contributed by atoms with Gasteiger partial charge >= 0.3 is 5.97 Å². The van der Waals surface area contributed by atoms with Crippen molar-refractivity contribution in [2.24, 2.45) is 5.41 Å². The Balaban J connectivity index is 1.86. The molecule has 0 atom stereocenters. The highest BCUT2D eigenvalue weighted by molar-refractivity contribution is 5.86. The van der Waals surface area contributed by atoms with Crippen molar-refractivity contribution in [3.63, 3.8) is 0 Å². The first-order valence-electron chi connectivity index (χ1n) is 6.93. The summed E-state index contributed by atoms with van der Waals surface area (Å²) >= 11 is 0. The fraction of sp³-hybridized carbons (Fsp3) is 0.667. The van der Waals surface area contributed by atoms with Crippen molar-refractivity contribution >= 4 is 5.97 Å². The molecule has 1 aromatic rings. The van der Waals surface area contributed by atoms with E-state index in [0.29, 0.717) is 29.3 Å². The average molecular weight is 265 g/mol. The molecule has 1 fully saturated rings. The maximum Gasteiger partial charge on any atom is 0.372 e. The molecule has 4 heteroatoms. The third kappa shape index (κ3) is 3.60. The van der Waals surface area contributed by atoms with Gasteiger partial charge in [0.05, 0.1) is 6.54 Å². The minimum atomic E-state index is -0.997. The minimum absolute atomic E-state index is 0.0570. The fourth-order valence-corrected chi connectivity index (χ4v) is 2.70. The Morgan fingerprint density at radius 2 is 2.11 bits per heavy atom. The molecule has 1 aromatic heterocycles. The van der Waals surface area contributed by atoms with Gasteiger partial charge in [0.25, 0.3) is 0 Å². The lowest BCUT2D eigenvalue weighted by atomic mass is 9.75. The average Bonchev–Trinajstić information content (AvgIpc) is 2.69. The van der Waals surface area contributed by atoms with E-state index < -0.39 is 5.97 Å². The third-order valence-corrected chi connectivity index (χ3v) is 4.07. The Hall–Kier alpha value is -1.29. The van der Waals surface area contributed by atoms with Crippen LogP contribution in [0.25, 0.3) is 0 Å². The largest absolute Gasteiger partial charge is 0.475 e. The number of furan rings is 1. The van der Waals surface area contributed by atoms with Crippen LogP contribution in [0.1, 0.15) is 61.4 Å². The molecule has 0 aliphatic heterocycles. The van der Waals surface area contributed by atoms with E-state index in [1.54, 1.807) is 6.92 Å². The molecular formula is C15H23NO3. The lowest BCUT2D eigenvalue weighted by Crippen LogP contribution is -2.35. The van der Waals surface area contributed by atoms with E-state index in [4.69, 9.17) is 9.52 Å². The van der Waals surface area contributed by atoms with E-state index in [1.165, 1.54) is 25.7 Å². The Kier molecular flexibility index (Phi) is 3.99. The first-order valence-corrected chi connectivity index (χ1v) is 6.93. The molecule has 1 heterocycles. The molecule has 0 saturated heterocycles. The van der Waals surface area contributed by atoms with Gasteiger partial charge in [0, 0.05) is 11.6 Å². The van der Waals surface area contributed by atoms with Crippen molar-refractivity contribution in [3.8, 4) is 0 Å². The molecule has 0 bridgehead atoms. The summed E-state index contributed by atoms with van der Waals surface area (Å²) in [5, 5.41) is 12.4. The number of carboxylic acid groups (broad SMARTS) is 1. The van der Waals surface area contributed by atoms with Gasteiger partial charge in [0.2, 0.25) is 5.76 Å². The summed E-state index contributed by atoms with van der Waals surface area (Å²) < 4.78 is 5.35. The molecule has 0 amide bonds. The smallest absolute Gasteiger partial charge is 0.372 e. The van der Waals surface area contributed by atoms with Crippen molar-refractivity contribution in [2.75, 3.05) is 0 Å². The molecule has 1 saturated carbocycles. The minimum Gasteiger partial charge on any atom is -0.475 e. The molecule has 4 nitrogen and oxygen atoms in total. The fourth-order valence-electron chi connectivity index (χ4n) is 2.70. The predicted molar refractivity (Wildman–Crippen MR) is 73.3 cm³/mol. The summed E-state index contributed by atoms with van der Waals surface area (Å²) in [7, 11) is 0. The zero-order chi connectivity index (χ0) is 14.0. The molecule has 0 aromatic carbocycles. The van der Waals surface area contributed by atoms with Crippen LogP contribution in [-0.4, -0.2) is 17.1 Å². The number of nitrogens with one attached hydrogen (secondary N) is 1. The Morgan fingerprint density at radius 1 is 1.47 bits per heavy atom. The second-order valence-corrected chi connectivity index (χ2v) is 6.35. The predicted octanol–water partition coefficient (Wildman–Crippen LogP) is 3.34. The molecule has 19 heavy (non-hydrogen) atoms. The highest BCUT2D eigenvalue weighted by atomic mass is 16.4. The Labute approximate surface area is 114 Å². The first-order chi connectivity index (χ1) is 8.87. The maximum absolute atomic E-state index is 10.9. The molecule has 106 valence electrons. The lowest BCUT2D eigenvalue weighted by Gasteiger charge is -2.34. The SMILES string of the molecule is Cc1cc(CNC2CCC(C)(C)CC2)oc1C(=O)O. The second-order valence-electron chi connectivity index (χ2n) is 6.35. The van der Waals surface area contributed by atoms with E-state index in [9.17, 15) is 4.79 Å². The van der Waals surface area contributed by atoms with Gasteiger partial charge in [-0.15, -0.1) is 0 Å². The topological polar surface area (TPSA) is 62.5 Å². The molecule has 0 radical (unpaired) electrons. The summed E-state index contributed by atoms with van der Waals surface area (Å²) in [5.74, 6) is -0.232. The third-order valence-electron chi connectivity index (χ3n) is 4.07. The number of carbonyl (C=O) groups is 1. The van der Waals surface area contributed by atoms with Crippen molar-refractivity contribution in [3.05, 3.63) is 23.2 Å². The Bertz CT molecular complexity index is 452. The highest BCUT2D eigenvalue weighted by Gasteiger charge is 2.26. The maximum atomic E-state index is 10.9. The monoisotopic (exact) mass is 265 g/mol. The summed E-state index contributed by atoms with van der Waals surface area (Å²) in [4.78, 5) is 10.9. The van der Waals surface area contributed by atoms with Crippen LogP contribution in [0.4, 0.5) is 0 Å². The number of aryl methyl sites for hydroxylation is 1. The zero-order valence-corrected chi connectivity index (χ0v) is 12.0. The van der Waals surface area contributed by atoms with Crippen LogP contribution in [0.2, 0.25) is 0 Å².